The van der Waals surface area contributed by atoms with Crippen LogP contribution in [0.1, 0.15) is 15.9 Å². The van der Waals surface area contributed by atoms with Crippen LogP contribution >= 0.6 is 0 Å². The first-order chi connectivity index (χ1) is 15.2. The number of hydrogen-bond donors (Lipinski definition) is 1. The average molecular weight is 417 g/mol. The molecule has 1 N–H and O–H groups in total. The number of carbonyl (C=O) groups is 1. The van der Waals surface area contributed by atoms with E-state index in [2.05, 4.69) is 9.88 Å². The van der Waals surface area contributed by atoms with Crippen LogP contribution in [0.2, 0.25) is 0 Å². The van der Waals surface area contributed by atoms with Crippen molar-refractivity contribution in [2.24, 2.45) is 0 Å². The van der Waals surface area contributed by atoms with Crippen LogP contribution in [0.15, 0.2) is 71.5 Å². The Morgan fingerprint density at radius 3 is 2.58 bits per heavy atom. The lowest BCUT2D eigenvalue weighted by Gasteiger charge is -2.34. The molecule has 0 atom stereocenters. The Hall–Kier alpha value is -3.38. The summed E-state index contributed by atoms with van der Waals surface area (Å²) in [4.78, 5) is 20.6. The van der Waals surface area contributed by atoms with Gasteiger partial charge in [-0.3, -0.25) is 9.69 Å². The summed E-state index contributed by atoms with van der Waals surface area (Å²) in [6, 6.07) is 16.2. The molecule has 6 heteroatoms. The summed E-state index contributed by atoms with van der Waals surface area (Å²) in [6.45, 7) is 4.01. The Labute approximate surface area is 180 Å². The third-order valence-corrected chi connectivity index (χ3v) is 6.00. The fraction of sp³-hybridized carbons (Fsp3) is 0.240. The summed E-state index contributed by atoms with van der Waals surface area (Å²) in [7, 11) is 0. The predicted octanol–water partition coefficient (Wildman–Crippen LogP) is 4.57. The van der Waals surface area contributed by atoms with Gasteiger partial charge in [-0.2, -0.15) is 0 Å². The van der Waals surface area contributed by atoms with Crippen LogP contribution < -0.4 is 0 Å². The maximum Gasteiger partial charge on any atom is 0.253 e. The zero-order valence-corrected chi connectivity index (χ0v) is 17.2. The largest absolute Gasteiger partial charge is 0.464 e. The third kappa shape index (κ3) is 4.11. The summed E-state index contributed by atoms with van der Waals surface area (Å²) in [5.41, 5.74) is 3.76. The zero-order chi connectivity index (χ0) is 21.2. The first-order valence-electron chi connectivity index (χ1n) is 10.6. The number of fused-ring (bicyclic) bond motifs is 1. The van der Waals surface area contributed by atoms with Gasteiger partial charge in [0.15, 0.2) is 0 Å². The molecule has 0 unspecified atom stereocenters. The lowest BCUT2D eigenvalue weighted by Crippen LogP contribution is -2.49. The van der Waals surface area contributed by atoms with Crippen LogP contribution in [0, 0.1) is 5.82 Å². The Kier molecular flexibility index (Phi) is 5.30. The molecule has 0 saturated carbocycles. The number of piperazine rings is 1. The number of aromatic nitrogens is 1. The molecule has 31 heavy (non-hydrogen) atoms. The lowest BCUT2D eigenvalue weighted by molar-refractivity contribution is 0.0638. The summed E-state index contributed by atoms with van der Waals surface area (Å²) < 4.78 is 18.6. The quantitative estimate of drug-likeness (QED) is 0.518. The van der Waals surface area contributed by atoms with E-state index in [0.717, 1.165) is 53.8 Å². The number of nitrogens with one attached hydrogen (secondary N) is 1. The van der Waals surface area contributed by atoms with Crippen molar-refractivity contribution in [3.63, 3.8) is 0 Å². The van der Waals surface area contributed by atoms with Crippen molar-refractivity contribution in [1.29, 1.82) is 0 Å². The Morgan fingerprint density at radius 2 is 1.84 bits per heavy atom. The van der Waals surface area contributed by atoms with E-state index in [9.17, 15) is 9.18 Å². The van der Waals surface area contributed by atoms with E-state index in [1.807, 2.05) is 53.6 Å². The van der Waals surface area contributed by atoms with Gasteiger partial charge in [-0.25, -0.2) is 4.39 Å². The second-order valence-corrected chi connectivity index (χ2v) is 7.95. The number of rotatable bonds is 5. The van der Waals surface area contributed by atoms with Gasteiger partial charge in [-0.1, -0.05) is 12.1 Å². The molecule has 3 heterocycles. The fourth-order valence-electron chi connectivity index (χ4n) is 4.18. The SMILES string of the molecule is O=C(c1ccc2[nH]cc(-c3ccco3)c2c1)N1CCN(CCc2ccc(F)cc2)CC1. The molecule has 1 amide bonds. The van der Waals surface area contributed by atoms with Crippen molar-refractivity contribution >= 4 is 16.8 Å². The van der Waals surface area contributed by atoms with Crippen LogP contribution in [0.3, 0.4) is 0 Å². The minimum absolute atomic E-state index is 0.0617. The summed E-state index contributed by atoms with van der Waals surface area (Å²) >= 11 is 0. The minimum Gasteiger partial charge on any atom is -0.464 e. The number of amides is 1. The van der Waals surface area contributed by atoms with Crippen LogP contribution in [-0.2, 0) is 6.42 Å². The topological polar surface area (TPSA) is 52.5 Å². The smallest absolute Gasteiger partial charge is 0.253 e. The van der Waals surface area contributed by atoms with Gasteiger partial charge in [0.2, 0.25) is 0 Å². The van der Waals surface area contributed by atoms with Gasteiger partial charge in [-0.15, -0.1) is 0 Å². The second kappa shape index (κ2) is 8.40. The number of aromatic amines is 1. The summed E-state index contributed by atoms with van der Waals surface area (Å²) in [5, 5.41) is 0.985. The van der Waals surface area contributed by atoms with Gasteiger partial charge in [0.1, 0.15) is 11.6 Å². The lowest BCUT2D eigenvalue weighted by atomic mass is 10.1. The fourth-order valence-corrected chi connectivity index (χ4v) is 4.18. The highest BCUT2D eigenvalue weighted by Gasteiger charge is 2.22. The number of H-pyrrole nitrogens is 1. The van der Waals surface area contributed by atoms with Crippen LogP contribution in [0.5, 0.6) is 0 Å². The first-order valence-corrected chi connectivity index (χ1v) is 10.6. The van der Waals surface area contributed by atoms with E-state index in [1.54, 1.807) is 6.26 Å². The van der Waals surface area contributed by atoms with Crippen molar-refractivity contribution in [2.45, 2.75) is 6.42 Å². The van der Waals surface area contributed by atoms with Gasteiger partial charge < -0.3 is 14.3 Å². The molecule has 1 fully saturated rings. The Bertz CT molecular complexity index is 1170. The maximum atomic E-state index is 13.1. The van der Waals surface area contributed by atoms with E-state index in [1.165, 1.54) is 12.1 Å². The normalized spacial score (nSPS) is 14.9. The first kappa shape index (κ1) is 19.6. The Morgan fingerprint density at radius 1 is 1.03 bits per heavy atom. The van der Waals surface area contributed by atoms with Gasteiger partial charge in [0.25, 0.3) is 5.91 Å². The van der Waals surface area contributed by atoms with Crippen LogP contribution in [0.4, 0.5) is 4.39 Å². The predicted molar refractivity (Wildman–Crippen MR) is 118 cm³/mol. The van der Waals surface area contributed by atoms with E-state index in [4.69, 9.17) is 4.42 Å². The average Bonchev–Trinajstić information content (AvgIpc) is 3.48. The second-order valence-electron chi connectivity index (χ2n) is 7.95. The molecule has 5 nitrogen and oxygen atoms in total. The molecular formula is C25H24FN3O2. The van der Waals surface area contributed by atoms with Crippen molar-refractivity contribution in [3.8, 4) is 11.3 Å². The molecular weight excluding hydrogens is 393 g/mol. The van der Waals surface area contributed by atoms with E-state index < -0.39 is 0 Å². The van der Waals surface area contributed by atoms with Gasteiger partial charge in [0.05, 0.1) is 6.26 Å². The van der Waals surface area contributed by atoms with Crippen LogP contribution in [0.25, 0.3) is 22.2 Å². The highest BCUT2D eigenvalue weighted by molar-refractivity contribution is 6.02. The molecule has 0 aliphatic carbocycles. The monoisotopic (exact) mass is 417 g/mol. The highest BCUT2D eigenvalue weighted by atomic mass is 19.1. The minimum atomic E-state index is -0.204. The van der Waals surface area contributed by atoms with Crippen molar-refractivity contribution in [3.05, 3.63) is 84.0 Å². The molecule has 1 aliphatic heterocycles. The highest BCUT2D eigenvalue weighted by Crippen LogP contribution is 2.30. The molecule has 1 saturated heterocycles. The van der Waals surface area contributed by atoms with E-state index in [-0.39, 0.29) is 11.7 Å². The number of carbonyl (C=O) groups excluding carboxylic acids is 1. The van der Waals surface area contributed by atoms with Crippen molar-refractivity contribution in [2.75, 3.05) is 32.7 Å². The number of hydrogen-bond acceptors (Lipinski definition) is 3. The number of halogens is 1. The molecule has 0 radical (unpaired) electrons. The van der Waals surface area contributed by atoms with E-state index >= 15 is 0 Å². The number of nitrogens with zero attached hydrogens (tertiary/aromatic N) is 2. The van der Waals surface area contributed by atoms with Crippen molar-refractivity contribution in [1.82, 2.24) is 14.8 Å². The van der Waals surface area contributed by atoms with Crippen LogP contribution in [-0.4, -0.2) is 53.4 Å². The molecule has 4 aromatic rings. The molecule has 2 aromatic carbocycles. The molecule has 0 spiro atoms. The molecule has 158 valence electrons. The van der Waals surface area contributed by atoms with Gasteiger partial charge in [-0.05, 0) is 54.4 Å². The third-order valence-electron chi connectivity index (χ3n) is 6.00. The summed E-state index contributed by atoms with van der Waals surface area (Å²) in [6.07, 6.45) is 4.45. The zero-order valence-electron chi connectivity index (χ0n) is 17.2. The molecule has 2 aromatic heterocycles. The number of benzene rings is 2. The van der Waals surface area contributed by atoms with E-state index in [0.29, 0.717) is 18.7 Å². The van der Waals surface area contributed by atoms with Gasteiger partial charge >= 0.3 is 0 Å². The maximum absolute atomic E-state index is 13.1. The van der Waals surface area contributed by atoms with Gasteiger partial charge in [0, 0.05) is 61.0 Å². The molecule has 0 bridgehead atoms. The van der Waals surface area contributed by atoms with Crippen molar-refractivity contribution < 1.29 is 13.6 Å². The number of furan rings is 1. The standard InChI is InChI=1S/C25H24FN3O2/c26-20-6-3-18(4-7-20)9-10-28-11-13-29(14-12-28)25(30)19-5-8-23-21(16-19)22(17-27-23)24-2-1-15-31-24/h1-8,15-17,27H,9-14H2. The molecule has 1 aliphatic rings. The summed E-state index contributed by atoms with van der Waals surface area (Å²) in [5.74, 6) is 0.641. The molecule has 5 rings (SSSR count). The Balaban J connectivity index is 1.22.